The Hall–Kier alpha value is -2.64. The first-order valence-corrected chi connectivity index (χ1v) is 5.91. The van der Waals surface area contributed by atoms with E-state index in [1.807, 2.05) is 0 Å². The minimum absolute atomic E-state index is 0.0104. The van der Waals surface area contributed by atoms with Crippen LogP contribution in [0.25, 0.3) is 0 Å². The van der Waals surface area contributed by atoms with E-state index >= 15 is 0 Å². The number of pyridine rings is 1. The Balaban J connectivity index is 2.48. The first kappa shape index (κ1) is 15.4. The molecule has 0 aliphatic carbocycles. The van der Waals surface area contributed by atoms with Crippen molar-refractivity contribution in [3.05, 3.63) is 24.0 Å². The molecule has 8 heteroatoms. The second-order valence-corrected chi connectivity index (χ2v) is 4.30. The highest BCUT2D eigenvalue weighted by atomic mass is 16.4. The summed E-state index contributed by atoms with van der Waals surface area (Å²) < 4.78 is 0. The summed E-state index contributed by atoms with van der Waals surface area (Å²) in [6.45, 7) is 3.44. The summed E-state index contributed by atoms with van der Waals surface area (Å²) in [6, 6.07) is 0.639. The molecule has 4 N–H and O–H groups in total. The van der Waals surface area contributed by atoms with Crippen LogP contribution in [0.1, 0.15) is 24.2 Å². The molecule has 1 heterocycles. The number of carboxylic acid groups (broad SMARTS) is 1. The lowest BCUT2D eigenvalue weighted by atomic mass is 10.3. The Morgan fingerprint density at radius 3 is 2.60 bits per heavy atom. The highest BCUT2D eigenvalue weighted by Gasteiger charge is 2.08. The van der Waals surface area contributed by atoms with Crippen LogP contribution >= 0.6 is 0 Å². The van der Waals surface area contributed by atoms with E-state index in [1.165, 1.54) is 18.5 Å². The Morgan fingerprint density at radius 1 is 1.30 bits per heavy atom. The van der Waals surface area contributed by atoms with Gasteiger partial charge in [0.1, 0.15) is 0 Å². The van der Waals surface area contributed by atoms with Gasteiger partial charge in [-0.05, 0) is 19.9 Å². The van der Waals surface area contributed by atoms with Crippen LogP contribution in [0, 0.1) is 0 Å². The van der Waals surface area contributed by atoms with Crippen molar-refractivity contribution in [1.29, 1.82) is 0 Å². The predicted octanol–water partition coefficient (Wildman–Crippen LogP) is 0.426. The van der Waals surface area contributed by atoms with E-state index in [2.05, 4.69) is 20.9 Å². The molecule has 0 aliphatic heterocycles. The van der Waals surface area contributed by atoms with Gasteiger partial charge in [0.2, 0.25) is 5.91 Å². The number of anilines is 1. The summed E-state index contributed by atoms with van der Waals surface area (Å²) in [4.78, 5) is 37.2. The summed E-state index contributed by atoms with van der Waals surface area (Å²) in [7, 11) is 0. The summed E-state index contributed by atoms with van der Waals surface area (Å²) >= 11 is 0. The van der Waals surface area contributed by atoms with Crippen LogP contribution < -0.4 is 16.0 Å². The van der Waals surface area contributed by atoms with E-state index in [4.69, 9.17) is 5.11 Å². The van der Waals surface area contributed by atoms with Gasteiger partial charge in [0.15, 0.2) is 0 Å². The number of carbonyl (C=O) groups excluding carboxylic acids is 2. The fraction of sp³-hybridized carbons (Fsp3) is 0.333. The van der Waals surface area contributed by atoms with Crippen molar-refractivity contribution in [3.63, 3.8) is 0 Å². The maximum absolute atomic E-state index is 11.5. The van der Waals surface area contributed by atoms with Gasteiger partial charge in [-0.2, -0.15) is 0 Å². The highest BCUT2D eigenvalue weighted by Crippen LogP contribution is 2.07. The molecule has 0 radical (unpaired) electrons. The molecule has 0 fully saturated rings. The maximum atomic E-state index is 11.5. The van der Waals surface area contributed by atoms with Crippen molar-refractivity contribution in [2.75, 3.05) is 11.9 Å². The van der Waals surface area contributed by atoms with Crippen molar-refractivity contribution in [2.45, 2.75) is 19.9 Å². The normalized spacial score (nSPS) is 9.95. The predicted molar refractivity (Wildman–Crippen MR) is 71.5 cm³/mol. The van der Waals surface area contributed by atoms with Crippen molar-refractivity contribution in [1.82, 2.24) is 15.6 Å². The minimum atomic E-state index is -1.14. The molecular weight excluding hydrogens is 264 g/mol. The molecule has 8 nitrogen and oxygen atoms in total. The number of urea groups is 1. The zero-order chi connectivity index (χ0) is 15.1. The number of carboxylic acids is 1. The number of nitrogens with zero attached hydrogens (tertiary/aromatic N) is 1. The van der Waals surface area contributed by atoms with Crippen LogP contribution in [0.15, 0.2) is 18.5 Å². The van der Waals surface area contributed by atoms with Gasteiger partial charge in [0.05, 0.1) is 24.0 Å². The Bertz CT molecular complexity index is 516. The lowest BCUT2D eigenvalue weighted by Crippen LogP contribution is -2.41. The molecule has 0 saturated carbocycles. The Morgan fingerprint density at radius 2 is 2.00 bits per heavy atom. The van der Waals surface area contributed by atoms with E-state index in [0.717, 1.165) is 0 Å². The topological polar surface area (TPSA) is 120 Å². The van der Waals surface area contributed by atoms with Crippen LogP contribution in [0.3, 0.4) is 0 Å². The number of hydrogen-bond donors (Lipinski definition) is 4. The molecular formula is C12H16N4O4. The second kappa shape index (κ2) is 7.07. The first-order valence-electron chi connectivity index (χ1n) is 5.91. The van der Waals surface area contributed by atoms with E-state index < -0.39 is 12.0 Å². The quantitative estimate of drug-likeness (QED) is 0.623. The summed E-state index contributed by atoms with van der Waals surface area (Å²) in [5.74, 6) is -1.45. The molecule has 0 aromatic carbocycles. The SMILES string of the molecule is CC(C)NC(=O)CNC(=O)Nc1cncc(C(=O)O)c1. The number of aromatic carboxylic acids is 1. The van der Waals surface area contributed by atoms with Gasteiger partial charge in [-0.1, -0.05) is 0 Å². The van der Waals surface area contributed by atoms with Crippen molar-refractivity contribution >= 4 is 23.6 Å². The van der Waals surface area contributed by atoms with E-state index in [0.29, 0.717) is 0 Å². The molecule has 0 bridgehead atoms. The fourth-order valence-electron chi connectivity index (χ4n) is 1.33. The molecule has 0 spiro atoms. The molecule has 1 rings (SSSR count). The third-order valence-corrected chi connectivity index (χ3v) is 2.10. The monoisotopic (exact) mass is 280 g/mol. The molecule has 0 aliphatic rings. The standard InChI is InChI=1S/C12H16N4O4/c1-7(2)15-10(17)6-14-12(20)16-9-3-8(11(18)19)4-13-5-9/h3-5,7H,6H2,1-2H3,(H,15,17)(H,18,19)(H2,14,16,20). The van der Waals surface area contributed by atoms with Gasteiger partial charge in [0.25, 0.3) is 0 Å². The van der Waals surface area contributed by atoms with Crippen LogP contribution in [0.5, 0.6) is 0 Å². The number of hydrogen-bond acceptors (Lipinski definition) is 4. The number of rotatable bonds is 5. The number of amides is 3. The van der Waals surface area contributed by atoms with Crippen molar-refractivity contribution in [2.24, 2.45) is 0 Å². The molecule has 0 unspecified atom stereocenters. The van der Waals surface area contributed by atoms with Crippen molar-refractivity contribution in [3.8, 4) is 0 Å². The first-order chi connectivity index (χ1) is 9.38. The van der Waals surface area contributed by atoms with Gasteiger partial charge in [-0.3, -0.25) is 9.78 Å². The van der Waals surface area contributed by atoms with E-state index in [1.54, 1.807) is 13.8 Å². The average Bonchev–Trinajstić information content (AvgIpc) is 2.36. The average molecular weight is 280 g/mol. The highest BCUT2D eigenvalue weighted by molar-refractivity contribution is 5.94. The lowest BCUT2D eigenvalue weighted by Gasteiger charge is -2.10. The van der Waals surface area contributed by atoms with Gasteiger partial charge in [-0.25, -0.2) is 9.59 Å². The number of nitrogens with one attached hydrogen (secondary N) is 3. The molecule has 1 aromatic rings. The smallest absolute Gasteiger partial charge is 0.337 e. The maximum Gasteiger partial charge on any atom is 0.337 e. The van der Waals surface area contributed by atoms with Crippen LogP contribution in [-0.4, -0.2) is 40.6 Å². The molecule has 0 atom stereocenters. The van der Waals surface area contributed by atoms with Crippen LogP contribution in [-0.2, 0) is 4.79 Å². The fourth-order valence-corrected chi connectivity index (χ4v) is 1.33. The Labute approximate surface area is 115 Å². The second-order valence-electron chi connectivity index (χ2n) is 4.30. The zero-order valence-corrected chi connectivity index (χ0v) is 11.1. The Kier molecular flexibility index (Phi) is 5.45. The van der Waals surface area contributed by atoms with Crippen molar-refractivity contribution < 1.29 is 19.5 Å². The lowest BCUT2D eigenvalue weighted by molar-refractivity contribution is -0.120. The summed E-state index contributed by atoms with van der Waals surface area (Å²) in [5, 5.41) is 16.1. The van der Waals surface area contributed by atoms with E-state index in [9.17, 15) is 14.4 Å². The third kappa shape index (κ3) is 5.34. The number of carbonyl (C=O) groups is 3. The molecule has 0 saturated heterocycles. The molecule has 108 valence electrons. The largest absolute Gasteiger partial charge is 0.478 e. The minimum Gasteiger partial charge on any atom is -0.478 e. The third-order valence-electron chi connectivity index (χ3n) is 2.10. The van der Waals surface area contributed by atoms with Gasteiger partial charge in [0, 0.05) is 12.2 Å². The van der Waals surface area contributed by atoms with Gasteiger partial charge in [-0.15, -0.1) is 0 Å². The molecule has 3 amide bonds. The summed E-state index contributed by atoms with van der Waals surface area (Å²) in [5.41, 5.74) is 0.187. The molecule has 1 aromatic heterocycles. The molecule has 20 heavy (non-hydrogen) atoms. The number of aromatic nitrogens is 1. The van der Waals surface area contributed by atoms with E-state index in [-0.39, 0.29) is 29.7 Å². The van der Waals surface area contributed by atoms with Gasteiger partial charge < -0.3 is 21.1 Å². The zero-order valence-electron chi connectivity index (χ0n) is 11.1. The summed E-state index contributed by atoms with van der Waals surface area (Å²) in [6.07, 6.45) is 2.47. The van der Waals surface area contributed by atoms with Gasteiger partial charge >= 0.3 is 12.0 Å². The van der Waals surface area contributed by atoms with Crippen LogP contribution in [0.2, 0.25) is 0 Å². The van der Waals surface area contributed by atoms with Crippen LogP contribution in [0.4, 0.5) is 10.5 Å².